The van der Waals surface area contributed by atoms with Gasteiger partial charge in [0.1, 0.15) is 5.25 Å². The average Bonchev–Trinajstić information content (AvgIpc) is 2.98. The summed E-state index contributed by atoms with van der Waals surface area (Å²) in [5.41, 5.74) is 0.995. The molecule has 150 valence electrons. The van der Waals surface area contributed by atoms with Crippen LogP contribution >= 0.6 is 11.8 Å². The van der Waals surface area contributed by atoms with Gasteiger partial charge in [0.15, 0.2) is 5.17 Å². The number of thioether (sulfide) groups is 1. The number of hydrogen-bond acceptors (Lipinski definition) is 7. The van der Waals surface area contributed by atoms with E-state index in [4.69, 9.17) is 0 Å². The second kappa shape index (κ2) is 9.30. The molecule has 10 heteroatoms. The molecule has 29 heavy (non-hydrogen) atoms. The zero-order valence-electron chi connectivity index (χ0n) is 15.2. The average molecular weight is 414 g/mol. The summed E-state index contributed by atoms with van der Waals surface area (Å²) in [6, 6.07) is 14.5. The molecule has 0 saturated carbocycles. The largest absolute Gasteiger partial charge is 0.395 e. The number of carbonyl (C=O) groups excluding carboxylic acids is 2. The maximum atomic E-state index is 12.7. The molecule has 0 radical (unpaired) electrons. The molecule has 9 nitrogen and oxygen atoms in total. The Bertz CT molecular complexity index is 933. The number of aliphatic hydroxyl groups excluding tert-OH is 1. The van der Waals surface area contributed by atoms with E-state index in [1.807, 2.05) is 18.2 Å². The van der Waals surface area contributed by atoms with E-state index in [0.29, 0.717) is 16.5 Å². The monoisotopic (exact) mass is 414 g/mol. The highest BCUT2D eigenvalue weighted by Gasteiger charge is 2.38. The number of nitro benzene ring substituents is 1. The number of anilines is 1. The molecule has 2 N–H and O–H groups in total. The van der Waals surface area contributed by atoms with E-state index in [1.54, 1.807) is 12.1 Å². The Morgan fingerprint density at radius 2 is 1.90 bits per heavy atom. The smallest absolute Gasteiger partial charge is 0.269 e. The van der Waals surface area contributed by atoms with Gasteiger partial charge in [-0.1, -0.05) is 30.0 Å². The predicted molar refractivity (Wildman–Crippen MR) is 110 cm³/mol. The molecule has 0 aliphatic carbocycles. The van der Waals surface area contributed by atoms with Gasteiger partial charge in [0.25, 0.3) is 5.69 Å². The minimum atomic E-state index is -0.665. The molecule has 1 atom stereocenters. The molecule has 1 heterocycles. The van der Waals surface area contributed by atoms with Crippen LogP contribution in [0.25, 0.3) is 0 Å². The summed E-state index contributed by atoms with van der Waals surface area (Å²) in [5.74, 6) is -0.688. The maximum absolute atomic E-state index is 12.7. The van der Waals surface area contributed by atoms with Crippen molar-refractivity contribution in [3.63, 3.8) is 0 Å². The topological polar surface area (TPSA) is 125 Å². The third-order valence-corrected chi connectivity index (χ3v) is 5.23. The van der Waals surface area contributed by atoms with Crippen molar-refractivity contribution in [2.75, 3.05) is 18.5 Å². The van der Waals surface area contributed by atoms with Crippen LogP contribution in [0.4, 0.5) is 17.1 Å². The third kappa shape index (κ3) is 5.18. The fourth-order valence-electron chi connectivity index (χ4n) is 2.69. The highest BCUT2D eigenvalue weighted by Crippen LogP contribution is 2.31. The highest BCUT2D eigenvalue weighted by atomic mass is 32.2. The molecule has 0 bridgehead atoms. The molecule has 2 amide bonds. The van der Waals surface area contributed by atoms with E-state index in [9.17, 15) is 24.8 Å². The molecular weight excluding hydrogens is 396 g/mol. The number of non-ortho nitro benzene ring substituents is 1. The van der Waals surface area contributed by atoms with E-state index in [2.05, 4.69) is 10.3 Å². The van der Waals surface area contributed by atoms with Gasteiger partial charge < -0.3 is 10.4 Å². The lowest BCUT2D eigenvalue weighted by atomic mass is 10.2. The van der Waals surface area contributed by atoms with Gasteiger partial charge in [-0.2, -0.15) is 0 Å². The second-order valence-electron chi connectivity index (χ2n) is 6.11. The number of β-amino-alcohol motifs (C(OH)–C–C–N with tert-alkyl or cyclic N) is 1. The molecule has 1 aliphatic rings. The minimum Gasteiger partial charge on any atom is -0.395 e. The number of rotatable bonds is 7. The maximum Gasteiger partial charge on any atom is 0.269 e. The molecule has 1 fully saturated rings. The number of amides is 2. The van der Waals surface area contributed by atoms with Crippen molar-refractivity contribution in [2.24, 2.45) is 4.99 Å². The van der Waals surface area contributed by atoms with Crippen molar-refractivity contribution in [1.82, 2.24) is 4.90 Å². The molecular formula is C19H18N4O5S. The highest BCUT2D eigenvalue weighted by molar-refractivity contribution is 8.15. The van der Waals surface area contributed by atoms with Crippen molar-refractivity contribution in [2.45, 2.75) is 11.7 Å². The van der Waals surface area contributed by atoms with Crippen molar-refractivity contribution < 1.29 is 19.6 Å². The van der Waals surface area contributed by atoms with Crippen LogP contribution in [-0.4, -0.2) is 50.3 Å². The lowest BCUT2D eigenvalue weighted by molar-refractivity contribution is -0.384. The zero-order chi connectivity index (χ0) is 20.8. The summed E-state index contributed by atoms with van der Waals surface area (Å²) in [7, 11) is 0. The Kier molecular flexibility index (Phi) is 6.57. The summed E-state index contributed by atoms with van der Waals surface area (Å²) < 4.78 is 0. The first-order valence-electron chi connectivity index (χ1n) is 8.75. The number of amidine groups is 1. The number of aliphatic imine (C=N–C) groups is 1. The van der Waals surface area contributed by atoms with Crippen LogP contribution in [-0.2, 0) is 9.59 Å². The summed E-state index contributed by atoms with van der Waals surface area (Å²) in [4.78, 5) is 41.0. The minimum absolute atomic E-state index is 0.0778. The zero-order valence-corrected chi connectivity index (χ0v) is 16.0. The van der Waals surface area contributed by atoms with Gasteiger partial charge in [0.2, 0.25) is 11.8 Å². The molecule has 0 spiro atoms. The van der Waals surface area contributed by atoms with Crippen LogP contribution in [0.2, 0.25) is 0 Å². The Morgan fingerprint density at radius 3 is 2.52 bits per heavy atom. The summed E-state index contributed by atoms with van der Waals surface area (Å²) in [6.45, 7) is -0.125. The quantitative estimate of drug-likeness (QED) is 0.530. The van der Waals surface area contributed by atoms with Gasteiger partial charge in [0, 0.05) is 24.2 Å². The van der Waals surface area contributed by atoms with Gasteiger partial charge in [0.05, 0.1) is 23.8 Å². The van der Waals surface area contributed by atoms with Crippen molar-refractivity contribution in [3.8, 4) is 0 Å². The predicted octanol–water partition coefficient (Wildman–Crippen LogP) is 2.55. The van der Waals surface area contributed by atoms with Crippen LogP contribution in [0.5, 0.6) is 0 Å². The van der Waals surface area contributed by atoms with Crippen LogP contribution in [0.3, 0.4) is 0 Å². The number of aliphatic hydroxyl groups is 1. The lowest BCUT2D eigenvalue weighted by Crippen LogP contribution is -2.35. The van der Waals surface area contributed by atoms with E-state index in [0.717, 1.165) is 0 Å². The number of nitro groups is 1. The fourth-order valence-corrected chi connectivity index (χ4v) is 3.87. The molecule has 0 aromatic heterocycles. The van der Waals surface area contributed by atoms with Crippen LogP contribution in [0.1, 0.15) is 6.42 Å². The molecule has 2 aromatic carbocycles. The second-order valence-corrected chi connectivity index (χ2v) is 7.28. The standard InChI is InChI=1S/C19H18N4O5S/c24-11-10-22-18(26)16(29-19(22)21-13-4-2-1-3-5-13)12-17(25)20-14-6-8-15(9-7-14)23(27)28/h1-9,16,24H,10-12H2,(H,20,25). The molecule has 1 saturated heterocycles. The first-order chi connectivity index (χ1) is 14.0. The van der Waals surface area contributed by atoms with Gasteiger partial charge >= 0.3 is 0 Å². The number of hydrogen-bond donors (Lipinski definition) is 2. The van der Waals surface area contributed by atoms with Crippen LogP contribution < -0.4 is 5.32 Å². The van der Waals surface area contributed by atoms with Crippen molar-refractivity contribution >= 4 is 45.8 Å². The van der Waals surface area contributed by atoms with Crippen molar-refractivity contribution in [1.29, 1.82) is 0 Å². The van der Waals surface area contributed by atoms with E-state index in [-0.39, 0.29) is 31.2 Å². The lowest BCUT2D eigenvalue weighted by Gasteiger charge is -2.14. The molecule has 1 unspecified atom stereocenters. The Morgan fingerprint density at radius 1 is 1.21 bits per heavy atom. The number of para-hydroxylation sites is 1. The first-order valence-corrected chi connectivity index (χ1v) is 9.63. The number of benzene rings is 2. The van der Waals surface area contributed by atoms with Crippen LogP contribution in [0, 0.1) is 10.1 Å². The van der Waals surface area contributed by atoms with E-state index >= 15 is 0 Å². The van der Waals surface area contributed by atoms with E-state index in [1.165, 1.54) is 40.9 Å². The molecule has 2 aromatic rings. The Labute approximate surface area is 170 Å². The summed E-state index contributed by atoms with van der Waals surface area (Å²) in [5, 5.41) is 22.4. The number of nitrogens with zero attached hydrogens (tertiary/aromatic N) is 3. The first kappa shape index (κ1) is 20.5. The molecule has 3 rings (SSSR count). The Balaban J connectivity index is 1.68. The Hall–Kier alpha value is -3.24. The van der Waals surface area contributed by atoms with Crippen molar-refractivity contribution in [3.05, 3.63) is 64.7 Å². The van der Waals surface area contributed by atoms with Crippen LogP contribution in [0.15, 0.2) is 59.6 Å². The normalized spacial score (nSPS) is 17.6. The molecule has 1 aliphatic heterocycles. The van der Waals surface area contributed by atoms with Gasteiger partial charge in [-0.3, -0.25) is 24.6 Å². The van der Waals surface area contributed by atoms with Gasteiger partial charge in [-0.05, 0) is 24.3 Å². The third-order valence-electron chi connectivity index (χ3n) is 4.06. The summed E-state index contributed by atoms with van der Waals surface area (Å²) >= 11 is 1.17. The van der Waals surface area contributed by atoms with Gasteiger partial charge in [-0.15, -0.1) is 0 Å². The fraction of sp³-hybridized carbons (Fsp3) is 0.211. The van der Waals surface area contributed by atoms with E-state index < -0.39 is 16.1 Å². The SMILES string of the molecule is O=C(CC1SC(=Nc2ccccc2)N(CCO)C1=O)Nc1ccc([N+](=O)[O-])cc1. The number of nitrogens with one attached hydrogen (secondary N) is 1. The number of carbonyl (C=O) groups is 2. The van der Waals surface area contributed by atoms with Gasteiger partial charge in [-0.25, -0.2) is 4.99 Å². The summed E-state index contributed by atoms with van der Waals surface area (Å²) in [6.07, 6.45) is -0.0871.